The maximum absolute atomic E-state index is 13.8. The van der Waals surface area contributed by atoms with E-state index in [4.69, 9.17) is 33.0 Å². The van der Waals surface area contributed by atoms with E-state index in [0.29, 0.717) is 17.9 Å². The van der Waals surface area contributed by atoms with Gasteiger partial charge >= 0.3 is 5.97 Å². The minimum atomic E-state index is -1.37. The first-order chi connectivity index (χ1) is 11.9. The van der Waals surface area contributed by atoms with Crippen molar-refractivity contribution in [3.05, 3.63) is 51.9 Å². The molecule has 1 aliphatic heterocycles. The Morgan fingerprint density at radius 1 is 1.28 bits per heavy atom. The van der Waals surface area contributed by atoms with Gasteiger partial charge in [0.1, 0.15) is 23.5 Å². The second kappa shape index (κ2) is 7.45. The summed E-state index contributed by atoms with van der Waals surface area (Å²) in [6.07, 6.45) is 2.90. The summed E-state index contributed by atoms with van der Waals surface area (Å²) in [7, 11) is 0. The van der Waals surface area contributed by atoms with Gasteiger partial charge in [0.05, 0.1) is 15.6 Å². The maximum Gasteiger partial charge on any atom is 0.338 e. The molecule has 5 nitrogen and oxygen atoms in total. The van der Waals surface area contributed by atoms with Crippen LogP contribution in [0.1, 0.15) is 23.2 Å². The van der Waals surface area contributed by atoms with E-state index >= 15 is 0 Å². The van der Waals surface area contributed by atoms with E-state index in [9.17, 15) is 9.18 Å². The number of carbonyl (C=O) groups is 1. The zero-order valence-electron chi connectivity index (χ0n) is 13.1. The number of rotatable bonds is 4. The second-order valence-corrected chi connectivity index (χ2v) is 6.55. The van der Waals surface area contributed by atoms with Crippen molar-refractivity contribution in [3.8, 4) is 5.75 Å². The number of nitrogens with zero attached hydrogens (tertiary/aromatic N) is 2. The number of anilines is 1. The van der Waals surface area contributed by atoms with Crippen LogP contribution in [0.2, 0.25) is 10.0 Å². The Morgan fingerprint density at radius 2 is 2.00 bits per heavy atom. The summed E-state index contributed by atoms with van der Waals surface area (Å²) in [5, 5.41) is 9.57. The third kappa shape index (κ3) is 4.14. The molecule has 0 amide bonds. The lowest BCUT2D eigenvalue weighted by Crippen LogP contribution is -2.38. The molecule has 0 spiro atoms. The molecule has 0 radical (unpaired) electrons. The molecule has 1 aliphatic rings. The Hall–Kier alpha value is -2.05. The van der Waals surface area contributed by atoms with E-state index < -0.39 is 17.3 Å². The Bertz CT molecular complexity index is 778. The van der Waals surface area contributed by atoms with Gasteiger partial charge in [-0.05, 0) is 18.2 Å². The van der Waals surface area contributed by atoms with Gasteiger partial charge in [-0.2, -0.15) is 0 Å². The number of aromatic nitrogens is 1. The fraction of sp³-hybridized carbons (Fsp3) is 0.294. The van der Waals surface area contributed by atoms with Gasteiger partial charge in [-0.3, -0.25) is 0 Å². The lowest BCUT2D eigenvalue weighted by molar-refractivity contribution is 0.0691. The Kier molecular flexibility index (Phi) is 5.30. The first-order valence-corrected chi connectivity index (χ1v) is 8.45. The third-order valence-electron chi connectivity index (χ3n) is 4.02. The Morgan fingerprint density at radius 3 is 2.60 bits per heavy atom. The molecule has 0 saturated carbocycles. The molecule has 1 aromatic carbocycles. The van der Waals surface area contributed by atoms with Gasteiger partial charge in [0, 0.05) is 38.2 Å². The highest BCUT2D eigenvalue weighted by Gasteiger charge is 2.23. The first kappa shape index (κ1) is 17.8. The van der Waals surface area contributed by atoms with Crippen molar-refractivity contribution in [1.29, 1.82) is 0 Å². The highest BCUT2D eigenvalue weighted by atomic mass is 35.5. The molecule has 0 atom stereocenters. The predicted molar refractivity (Wildman–Crippen MR) is 93.5 cm³/mol. The maximum atomic E-state index is 13.8. The highest BCUT2D eigenvalue weighted by molar-refractivity contribution is 6.32. The number of piperidine rings is 1. The summed E-state index contributed by atoms with van der Waals surface area (Å²) in [6, 6.07) is 5.75. The van der Waals surface area contributed by atoms with E-state index in [-0.39, 0.29) is 16.9 Å². The standard InChI is InChI=1S/C17H15Cl2FN2O3/c18-10-1-2-16(21-9-10)22-5-3-11(4-6-22)25-15-8-14(20)12(17(23)24)7-13(15)19/h1-2,7-9,11H,3-6H2,(H,23,24). The SMILES string of the molecule is O=C(O)c1cc(Cl)c(OC2CCN(c3ccc(Cl)cn3)CC2)cc1F. The molecule has 2 heterocycles. The van der Waals surface area contributed by atoms with Crippen molar-refractivity contribution in [3.63, 3.8) is 0 Å². The largest absolute Gasteiger partial charge is 0.489 e. The highest BCUT2D eigenvalue weighted by Crippen LogP contribution is 2.31. The second-order valence-electron chi connectivity index (χ2n) is 5.71. The summed E-state index contributed by atoms with van der Waals surface area (Å²) in [4.78, 5) is 17.3. The molecular formula is C17H15Cl2FN2O3. The summed E-state index contributed by atoms with van der Waals surface area (Å²) in [6.45, 7) is 1.46. The van der Waals surface area contributed by atoms with Gasteiger partial charge < -0.3 is 14.7 Å². The van der Waals surface area contributed by atoms with Crippen LogP contribution in [0.15, 0.2) is 30.5 Å². The Labute approximate surface area is 153 Å². The molecule has 0 bridgehead atoms. The van der Waals surface area contributed by atoms with E-state index in [1.165, 1.54) is 0 Å². The molecule has 1 aromatic heterocycles. The molecule has 1 N–H and O–H groups in total. The zero-order valence-corrected chi connectivity index (χ0v) is 14.6. The fourth-order valence-electron chi connectivity index (χ4n) is 2.72. The Balaban J connectivity index is 1.63. The molecular weight excluding hydrogens is 370 g/mol. The van der Waals surface area contributed by atoms with Crippen LogP contribution in [0.3, 0.4) is 0 Å². The minimum Gasteiger partial charge on any atom is -0.489 e. The van der Waals surface area contributed by atoms with Gasteiger partial charge in [0.25, 0.3) is 0 Å². The first-order valence-electron chi connectivity index (χ1n) is 7.69. The van der Waals surface area contributed by atoms with Crippen molar-refractivity contribution in [1.82, 2.24) is 4.98 Å². The van der Waals surface area contributed by atoms with Crippen LogP contribution in [0.4, 0.5) is 10.2 Å². The summed E-state index contributed by atoms with van der Waals surface area (Å²) >= 11 is 11.9. The van der Waals surface area contributed by atoms with E-state index in [1.807, 2.05) is 6.07 Å². The van der Waals surface area contributed by atoms with E-state index in [1.54, 1.807) is 12.3 Å². The monoisotopic (exact) mass is 384 g/mol. The number of ether oxygens (including phenoxy) is 1. The van der Waals surface area contributed by atoms with Gasteiger partial charge in [-0.1, -0.05) is 23.2 Å². The molecule has 8 heteroatoms. The third-order valence-corrected chi connectivity index (χ3v) is 4.54. The molecule has 1 saturated heterocycles. The molecule has 0 aliphatic carbocycles. The molecule has 0 unspecified atom stereocenters. The molecule has 1 fully saturated rings. The van der Waals surface area contributed by atoms with Crippen LogP contribution in [0, 0.1) is 5.82 Å². The number of halogens is 3. The van der Waals surface area contributed by atoms with Crippen LogP contribution in [-0.2, 0) is 0 Å². The molecule has 132 valence electrons. The van der Waals surface area contributed by atoms with Gasteiger partial charge in [-0.25, -0.2) is 14.2 Å². The van der Waals surface area contributed by atoms with E-state index in [2.05, 4.69) is 9.88 Å². The number of pyridine rings is 1. The number of hydrogen-bond donors (Lipinski definition) is 1. The summed E-state index contributed by atoms with van der Waals surface area (Å²) in [5.41, 5.74) is -0.471. The molecule has 25 heavy (non-hydrogen) atoms. The lowest BCUT2D eigenvalue weighted by atomic mass is 10.1. The normalized spacial score (nSPS) is 15.2. The topological polar surface area (TPSA) is 62.7 Å². The van der Waals surface area contributed by atoms with E-state index in [0.717, 1.165) is 31.0 Å². The number of benzene rings is 1. The van der Waals surface area contributed by atoms with Crippen LogP contribution < -0.4 is 9.64 Å². The van der Waals surface area contributed by atoms with Gasteiger partial charge in [0.15, 0.2) is 0 Å². The molecule has 3 rings (SSSR count). The summed E-state index contributed by atoms with van der Waals surface area (Å²) in [5.74, 6) is -1.23. The van der Waals surface area contributed by atoms with Crippen LogP contribution >= 0.6 is 23.2 Å². The van der Waals surface area contributed by atoms with Crippen LogP contribution in [-0.4, -0.2) is 35.3 Å². The summed E-state index contributed by atoms with van der Waals surface area (Å²) < 4.78 is 19.6. The number of aromatic carboxylic acids is 1. The molecule has 2 aromatic rings. The van der Waals surface area contributed by atoms with Crippen molar-refractivity contribution in [2.45, 2.75) is 18.9 Å². The number of carboxylic acids is 1. The van der Waals surface area contributed by atoms with Crippen molar-refractivity contribution >= 4 is 35.0 Å². The van der Waals surface area contributed by atoms with Crippen LogP contribution in [0.5, 0.6) is 5.75 Å². The zero-order chi connectivity index (χ0) is 18.0. The van der Waals surface area contributed by atoms with Gasteiger partial charge in [0.2, 0.25) is 0 Å². The number of hydrogen-bond acceptors (Lipinski definition) is 4. The van der Waals surface area contributed by atoms with Crippen LogP contribution in [0.25, 0.3) is 0 Å². The van der Waals surface area contributed by atoms with Crippen molar-refractivity contribution in [2.75, 3.05) is 18.0 Å². The predicted octanol–water partition coefficient (Wildman–Crippen LogP) is 4.27. The average molecular weight is 385 g/mol. The van der Waals surface area contributed by atoms with Crippen molar-refractivity contribution in [2.24, 2.45) is 0 Å². The lowest BCUT2D eigenvalue weighted by Gasteiger charge is -2.33. The number of carboxylic acid groups (broad SMARTS) is 1. The smallest absolute Gasteiger partial charge is 0.338 e. The minimum absolute atomic E-state index is 0.0839. The average Bonchev–Trinajstić information content (AvgIpc) is 2.59. The quantitative estimate of drug-likeness (QED) is 0.852. The fourth-order valence-corrected chi connectivity index (χ4v) is 3.04. The van der Waals surface area contributed by atoms with Crippen molar-refractivity contribution < 1.29 is 19.0 Å². The van der Waals surface area contributed by atoms with Gasteiger partial charge in [-0.15, -0.1) is 0 Å².